The molecule has 6 nitrogen and oxygen atoms in total. The van der Waals surface area contributed by atoms with Crippen LogP contribution in [0.1, 0.15) is 20.3 Å². The van der Waals surface area contributed by atoms with Gasteiger partial charge in [-0.15, -0.1) is 0 Å². The van der Waals surface area contributed by atoms with E-state index in [1.54, 1.807) is 13.8 Å². The van der Waals surface area contributed by atoms with Crippen molar-refractivity contribution in [3.8, 4) is 0 Å². The van der Waals surface area contributed by atoms with E-state index in [0.29, 0.717) is 0 Å². The number of aliphatic hydroxyl groups excluding tert-OH is 2. The van der Waals surface area contributed by atoms with Crippen molar-refractivity contribution in [2.75, 3.05) is 19.8 Å². The van der Waals surface area contributed by atoms with Gasteiger partial charge >= 0.3 is 5.97 Å². The Kier molecular flexibility index (Phi) is 6.95. The maximum atomic E-state index is 11.5. The van der Waals surface area contributed by atoms with E-state index in [1.165, 1.54) is 0 Å². The number of amidine groups is 1. The predicted molar refractivity (Wildman–Crippen MR) is 60.2 cm³/mol. The largest absolute Gasteiger partial charge is 0.511 e. The minimum absolute atomic E-state index is 0.0751. The molecule has 0 heterocycles. The molecule has 0 saturated heterocycles. The Labute approximate surface area is 94.4 Å². The summed E-state index contributed by atoms with van der Waals surface area (Å²) in [6.45, 7) is 3.41. The Morgan fingerprint density at radius 1 is 1.44 bits per heavy atom. The van der Waals surface area contributed by atoms with E-state index in [1.807, 2.05) is 0 Å². The molecular weight excluding hydrogens is 212 g/mol. The fourth-order valence-electron chi connectivity index (χ4n) is 1.000. The summed E-state index contributed by atoms with van der Waals surface area (Å²) in [5.41, 5.74) is 5.40. The van der Waals surface area contributed by atoms with Crippen LogP contribution >= 0.6 is 0 Å². The number of nitrogens with two attached hydrogens (primary N) is 1. The number of aliphatic hydroxyl groups is 2. The van der Waals surface area contributed by atoms with Gasteiger partial charge in [-0.05, 0) is 6.92 Å². The van der Waals surface area contributed by atoms with Gasteiger partial charge in [-0.2, -0.15) is 0 Å². The number of ether oxygens (including phenoxy) is 1. The first-order valence-electron chi connectivity index (χ1n) is 5.08. The van der Waals surface area contributed by atoms with Gasteiger partial charge in [0.15, 0.2) is 0 Å². The molecule has 0 atom stereocenters. The average Bonchev–Trinajstić information content (AvgIpc) is 2.26. The van der Waals surface area contributed by atoms with Gasteiger partial charge in [0.2, 0.25) is 0 Å². The highest BCUT2D eigenvalue weighted by Crippen LogP contribution is 2.08. The zero-order valence-electron chi connectivity index (χ0n) is 9.56. The normalized spacial score (nSPS) is 13.3. The summed E-state index contributed by atoms with van der Waals surface area (Å²) in [6, 6.07) is 0. The van der Waals surface area contributed by atoms with Crippen LogP contribution in [0, 0.1) is 0 Å². The van der Waals surface area contributed by atoms with Gasteiger partial charge in [0.25, 0.3) is 0 Å². The highest BCUT2D eigenvalue weighted by molar-refractivity contribution is 6.18. The lowest BCUT2D eigenvalue weighted by atomic mass is 10.2. The quantitative estimate of drug-likeness (QED) is 0.198. The topological polar surface area (TPSA) is 105 Å². The molecule has 0 aromatic heterocycles. The summed E-state index contributed by atoms with van der Waals surface area (Å²) in [4.78, 5) is 15.2. The minimum Gasteiger partial charge on any atom is -0.511 e. The third-order valence-corrected chi connectivity index (χ3v) is 1.74. The maximum absolute atomic E-state index is 11.5. The second kappa shape index (κ2) is 7.70. The van der Waals surface area contributed by atoms with E-state index in [0.717, 1.165) is 0 Å². The Balaban J connectivity index is 5.03. The molecule has 0 spiro atoms. The second-order valence-corrected chi connectivity index (χ2v) is 2.89. The Bertz CT molecular complexity index is 297. The van der Waals surface area contributed by atoms with Crippen molar-refractivity contribution in [3.63, 3.8) is 0 Å². The molecule has 0 aliphatic heterocycles. The molecule has 0 amide bonds. The van der Waals surface area contributed by atoms with Crippen LogP contribution in [0.3, 0.4) is 0 Å². The van der Waals surface area contributed by atoms with Crippen LogP contribution in [-0.2, 0) is 9.53 Å². The lowest BCUT2D eigenvalue weighted by molar-refractivity contribution is -0.138. The van der Waals surface area contributed by atoms with Gasteiger partial charge < -0.3 is 20.7 Å². The number of aliphatic imine (C=N–C) groups is 1. The molecule has 0 rings (SSSR count). The number of rotatable bonds is 6. The first-order valence-corrected chi connectivity index (χ1v) is 5.08. The molecule has 6 heteroatoms. The fourth-order valence-corrected chi connectivity index (χ4v) is 1.000. The Hall–Kier alpha value is -1.56. The third kappa shape index (κ3) is 4.31. The van der Waals surface area contributed by atoms with Crippen molar-refractivity contribution in [2.45, 2.75) is 20.3 Å². The van der Waals surface area contributed by atoms with E-state index < -0.39 is 5.97 Å². The van der Waals surface area contributed by atoms with Gasteiger partial charge in [-0.3, -0.25) is 4.99 Å². The molecule has 0 aliphatic rings. The average molecular weight is 230 g/mol. The van der Waals surface area contributed by atoms with Crippen molar-refractivity contribution in [1.29, 1.82) is 0 Å². The molecule has 16 heavy (non-hydrogen) atoms. The number of hydrogen-bond acceptors (Lipinski definition) is 5. The molecule has 0 fully saturated rings. The van der Waals surface area contributed by atoms with Crippen LogP contribution in [0.5, 0.6) is 0 Å². The summed E-state index contributed by atoms with van der Waals surface area (Å²) in [6.07, 6.45) is 0.253. The van der Waals surface area contributed by atoms with E-state index in [4.69, 9.17) is 15.6 Å². The molecule has 0 unspecified atom stereocenters. The minimum atomic E-state index is -0.707. The lowest BCUT2D eigenvalue weighted by Gasteiger charge is -2.08. The molecule has 92 valence electrons. The van der Waals surface area contributed by atoms with Crippen LogP contribution in [0.2, 0.25) is 0 Å². The van der Waals surface area contributed by atoms with Gasteiger partial charge in [0.1, 0.15) is 17.2 Å². The SMILES string of the molecule is CCOC(=O)/C(C(N)=NCCO)=C(/O)CC. The Morgan fingerprint density at radius 2 is 2.06 bits per heavy atom. The number of esters is 1. The zero-order valence-corrected chi connectivity index (χ0v) is 9.56. The number of nitrogens with zero attached hydrogens (tertiary/aromatic N) is 1. The van der Waals surface area contributed by atoms with Crippen molar-refractivity contribution in [1.82, 2.24) is 0 Å². The summed E-state index contributed by atoms with van der Waals surface area (Å²) in [5, 5.41) is 18.1. The first kappa shape index (κ1) is 14.4. The standard InChI is InChI=1S/C10H18N2O4/c1-3-7(14)8(10(15)16-4-2)9(11)12-5-6-13/h13-14H,3-6H2,1-2H3,(H2,11,12)/b8-7+. The van der Waals surface area contributed by atoms with Crippen molar-refractivity contribution < 1.29 is 19.7 Å². The third-order valence-electron chi connectivity index (χ3n) is 1.74. The highest BCUT2D eigenvalue weighted by atomic mass is 16.5. The molecule has 0 aromatic carbocycles. The zero-order chi connectivity index (χ0) is 12.6. The van der Waals surface area contributed by atoms with Crippen LogP contribution in [0.15, 0.2) is 16.3 Å². The van der Waals surface area contributed by atoms with Gasteiger partial charge in [-0.1, -0.05) is 6.92 Å². The van der Waals surface area contributed by atoms with E-state index in [9.17, 15) is 9.90 Å². The first-order chi connectivity index (χ1) is 7.58. The van der Waals surface area contributed by atoms with Crippen LogP contribution < -0.4 is 5.73 Å². The Morgan fingerprint density at radius 3 is 2.50 bits per heavy atom. The number of hydrogen-bond donors (Lipinski definition) is 3. The lowest BCUT2D eigenvalue weighted by Crippen LogP contribution is -2.25. The van der Waals surface area contributed by atoms with Gasteiger partial charge in [0.05, 0.1) is 19.8 Å². The smallest absolute Gasteiger partial charge is 0.345 e. The fraction of sp³-hybridized carbons (Fsp3) is 0.600. The number of carbonyl (C=O) groups excluding carboxylic acids is 1. The van der Waals surface area contributed by atoms with E-state index in [-0.39, 0.29) is 43.3 Å². The van der Waals surface area contributed by atoms with Crippen LogP contribution in [0.25, 0.3) is 0 Å². The maximum Gasteiger partial charge on any atom is 0.345 e. The van der Waals surface area contributed by atoms with Crippen molar-refractivity contribution in [3.05, 3.63) is 11.3 Å². The van der Waals surface area contributed by atoms with Crippen LogP contribution in [0.4, 0.5) is 0 Å². The van der Waals surface area contributed by atoms with Crippen molar-refractivity contribution in [2.24, 2.45) is 10.7 Å². The van der Waals surface area contributed by atoms with Gasteiger partial charge in [0, 0.05) is 6.42 Å². The van der Waals surface area contributed by atoms with Crippen LogP contribution in [-0.4, -0.2) is 41.8 Å². The highest BCUT2D eigenvalue weighted by Gasteiger charge is 2.19. The van der Waals surface area contributed by atoms with Gasteiger partial charge in [-0.25, -0.2) is 4.79 Å². The summed E-state index contributed by atoms with van der Waals surface area (Å²) >= 11 is 0. The molecule has 0 saturated carbocycles. The number of carbonyl (C=O) groups is 1. The van der Waals surface area contributed by atoms with E-state index >= 15 is 0 Å². The molecule has 0 bridgehead atoms. The van der Waals surface area contributed by atoms with Crippen molar-refractivity contribution >= 4 is 11.8 Å². The second-order valence-electron chi connectivity index (χ2n) is 2.89. The molecule has 0 radical (unpaired) electrons. The molecular formula is C10H18N2O4. The van der Waals surface area contributed by atoms with E-state index in [2.05, 4.69) is 4.99 Å². The summed E-state index contributed by atoms with van der Waals surface area (Å²) in [7, 11) is 0. The summed E-state index contributed by atoms with van der Waals surface area (Å²) in [5.74, 6) is -0.995. The predicted octanol–water partition coefficient (Wildman–Crippen LogP) is 0.121. The molecule has 0 aliphatic carbocycles. The summed E-state index contributed by atoms with van der Waals surface area (Å²) < 4.78 is 4.75. The molecule has 0 aromatic rings. The monoisotopic (exact) mass is 230 g/mol. The number of allylic oxidation sites excluding steroid dienone is 1. The molecule has 4 N–H and O–H groups in total.